The van der Waals surface area contributed by atoms with Crippen molar-refractivity contribution in [3.8, 4) is 11.5 Å². The zero-order chi connectivity index (χ0) is 26.3. The third-order valence-electron chi connectivity index (χ3n) is 6.27. The van der Waals surface area contributed by atoms with Crippen molar-refractivity contribution in [3.63, 3.8) is 0 Å². The minimum Gasteiger partial charge on any atom is -0.508 e. The molecule has 0 saturated carbocycles. The lowest BCUT2D eigenvalue weighted by atomic mass is 9.91. The molecule has 0 aromatic heterocycles. The van der Waals surface area contributed by atoms with Gasteiger partial charge in [0.15, 0.2) is 0 Å². The number of amides is 1. The molecule has 1 saturated heterocycles. The van der Waals surface area contributed by atoms with E-state index in [-0.39, 0.29) is 17.2 Å². The lowest BCUT2D eigenvalue weighted by Gasteiger charge is -2.26. The van der Waals surface area contributed by atoms with Gasteiger partial charge in [-0.15, -0.1) is 0 Å². The number of hydrogen-bond acceptors (Lipinski definition) is 5. The Hall–Kier alpha value is -4.20. The number of carbonyl (C=O) groups is 2. The Kier molecular flexibility index (Phi) is 6.54. The van der Waals surface area contributed by atoms with Gasteiger partial charge in [-0.05, 0) is 65.9 Å². The lowest BCUT2D eigenvalue weighted by molar-refractivity contribution is -0.132. The Balaban J connectivity index is 2.01. The number of hydrogen-bond donors (Lipinski definition) is 2. The van der Waals surface area contributed by atoms with Gasteiger partial charge in [-0.1, -0.05) is 26.0 Å². The molecule has 0 bridgehead atoms. The van der Waals surface area contributed by atoms with Crippen LogP contribution in [0.4, 0.5) is 14.5 Å². The summed E-state index contributed by atoms with van der Waals surface area (Å²) in [5.41, 5.74) is 1.26. The number of benzene rings is 3. The van der Waals surface area contributed by atoms with Crippen LogP contribution in [0.3, 0.4) is 0 Å². The first-order valence-electron chi connectivity index (χ1n) is 11.3. The molecule has 1 fully saturated rings. The fourth-order valence-electron chi connectivity index (χ4n) is 4.45. The average Bonchev–Trinajstić information content (AvgIpc) is 3.10. The number of anilines is 1. The Morgan fingerprint density at radius 2 is 1.69 bits per heavy atom. The number of phenols is 1. The van der Waals surface area contributed by atoms with Gasteiger partial charge in [-0.25, -0.2) is 8.78 Å². The molecule has 3 aromatic carbocycles. The van der Waals surface area contributed by atoms with Gasteiger partial charge in [0.05, 0.1) is 24.4 Å². The molecule has 1 atom stereocenters. The van der Waals surface area contributed by atoms with Crippen LogP contribution < -0.4 is 9.64 Å². The summed E-state index contributed by atoms with van der Waals surface area (Å²) in [6.45, 7) is 5.61. The highest BCUT2D eigenvalue weighted by molar-refractivity contribution is 6.51. The van der Waals surface area contributed by atoms with Crippen LogP contribution in [0.1, 0.15) is 48.1 Å². The quantitative estimate of drug-likeness (QED) is 0.269. The topological polar surface area (TPSA) is 87.1 Å². The maximum atomic E-state index is 14.8. The molecule has 0 spiro atoms. The summed E-state index contributed by atoms with van der Waals surface area (Å²) < 4.78 is 34.3. The molecule has 0 radical (unpaired) electrons. The summed E-state index contributed by atoms with van der Waals surface area (Å²) in [5, 5.41) is 21.2. The van der Waals surface area contributed by atoms with Crippen molar-refractivity contribution >= 4 is 23.1 Å². The van der Waals surface area contributed by atoms with Crippen LogP contribution in [-0.4, -0.2) is 29.0 Å². The van der Waals surface area contributed by atoms with Crippen LogP contribution in [0.25, 0.3) is 5.76 Å². The highest BCUT2D eigenvalue weighted by Crippen LogP contribution is 2.44. The summed E-state index contributed by atoms with van der Waals surface area (Å²) in [4.78, 5) is 27.3. The number of rotatable bonds is 5. The fraction of sp³-hybridized carbons (Fsp3) is 0.214. The van der Waals surface area contributed by atoms with E-state index in [2.05, 4.69) is 0 Å². The average molecular weight is 494 g/mol. The standard InChI is InChI=1S/C28H25F2NO5/c1-14(2)19-13-20(15(3)11-23(19)36-4)26(33)24-25(16-5-8-18(32)9-6-16)31(28(35)27(24)34)22-12-17(29)7-10-21(22)30/h5-14,25,32-33H,1-4H3/b26-24+. The number of aromatic hydroxyl groups is 1. The number of nitrogens with zero attached hydrogens (tertiary/aromatic N) is 1. The number of Topliss-reactive ketones (excluding diaryl/α,β-unsaturated/α-hetero) is 1. The van der Waals surface area contributed by atoms with Crippen molar-refractivity contribution in [2.45, 2.75) is 32.7 Å². The summed E-state index contributed by atoms with van der Waals surface area (Å²) in [7, 11) is 1.53. The van der Waals surface area contributed by atoms with Gasteiger partial charge < -0.3 is 14.9 Å². The molecule has 1 aliphatic rings. The second-order valence-corrected chi connectivity index (χ2v) is 8.92. The Morgan fingerprint density at radius 3 is 2.31 bits per heavy atom. The van der Waals surface area contributed by atoms with Gasteiger partial charge in [-0.2, -0.15) is 0 Å². The minimum atomic E-state index is -1.27. The van der Waals surface area contributed by atoms with Crippen molar-refractivity contribution in [3.05, 3.63) is 94.1 Å². The van der Waals surface area contributed by atoms with Gasteiger partial charge in [-0.3, -0.25) is 14.5 Å². The van der Waals surface area contributed by atoms with Crippen LogP contribution in [0, 0.1) is 18.6 Å². The van der Waals surface area contributed by atoms with Crippen molar-refractivity contribution < 1.29 is 33.3 Å². The van der Waals surface area contributed by atoms with E-state index in [4.69, 9.17) is 4.74 Å². The maximum absolute atomic E-state index is 14.8. The molecule has 1 amide bonds. The molecular formula is C28H25F2NO5. The van der Waals surface area contributed by atoms with Crippen LogP contribution in [0.2, 0.25) is 0 Å². The molecule has 1 aliphatic heterocycles. The van der Waals surface area contributed by atoms with E-state index in [1.54, 1.807) is 19.1 Å². The summed E-state index contributed by atoms with van der Waals surface area (Å²) in [5.74, 6) is -3.77. The number of aliphatic hydroxyl groups is 1. The Labute approximate surface area is 207 Å². The second kappa shape index (κ2) is 9.45. The first-order chi connectivity index (χ1) is 17.0. The van der Waals surface area contributed by atoms with Crippen LogP contribution in [-0.2, 0) is 9.59 Å². The number of ketones is 1. The van der Waals surface area contributed by atoms with E-state index in [0.29, 0.717) is 22.4 Å². The third kappa shape index (κ3) is 4.19. The highest BCUT2D eigenvalue weighted by Gasteiger charge is 2.48. The summed E-state index contributed by atoms with van der Waals surface area (Å²) in [6.07, 6.45) is 0. The first-order valence-corrected chi connectivity index (χ1v) is 11.3. The molecule has 2 N–H and O–H groups in total. The maximum Gasteiger partial charge on any atom is 0.300 e. The van der Waals surface area contributed by atoms with E-state index in [0.717, 1.165) is 28.7 Å². The molecule has 3 aromatic rings. The Bertz CT molecular complexity index is 1400. The van der Waals surface area contributed by atoms with E-state index in [9.17, 15) is 28.6 Å². The Morgan fingerprint density at radius 1 is 1.03 bits per heavy atom. The molecule has 36 heavy (non-hydrogen) atoms. The number of ether oxygens (including phenoxy) is 1. The van der Waals surface area contributed by atoms with E-state index in [1.807, 2.05) is 13.8 Å². The van der Waals surface area contributed by atoms with Crippen molar-refractivity contribution in [1.82, 2.24) is 0 Å². The SMILES string of the molecule is COc1cc(C)c(/C(O)=C2\C(=O)C(=O)N(c3cc(F)ccc3F)C2c2ccc(O)cc2)cc1C(C)C. The number of methoxy groups -OCH3 is 1. The van der Waals surface area contributed by atoms with E-state index < -0.39 is 40.8 Å². The van der Waals surface area contributed by atoms with Gasteiger partial charge in [0.25, 0.3) is 11.7 Å². The normalized spacial score (nSPS) is 17.2. The van der Waals surface area contributed by atoms with Gasteiger partial charge >= 0.3 is 0 Å². The van der Waals surface area contributed by atoms with Crippen LogP contribution in [0.15, 0.2) is 60.2 Å². The van der Waals surface area contributed by atoms with Gasteiger partial charge in [0, 0.05) is 11.6 Å². The lowest BCUT2D eigenvalue weighted by Crippen LogP contribution is -2.30. The van der Waals surface area contributed by atoms with Gasteiger partial charge in [0.1, 0.15) is 28.9 Å². The smallest absolute Gasteiger partial charge is 0.300 e. The molecule has 6 nitrogen and oxygen atoms in total. The largest absolute Gasteiger partial charge is 0.508 e. The molecular weight excluding hydrogens is 468 g/mol. The molecule has 1 unspecified atom stereocenters. The van der Waals surface area contributed by atoms with Crippen LogP contribution in [0.5, 0.6) is 11.5 Å². The zero-order valence-corrected chi connectivity index (χ0v) is 20.2. The monoisotopic (exact) mass is 493 g/mol. The fourth-order valence-corrected chi connectivity index (χ4v) is 4.45. The van der Waals surface area contributed by atoms with E-state index in [1.165, 1.54) is 31.4 Å². The predicted octanol–water partition coefficient (Wildman–Crippen LogP) is 5.74. The van der Waals surface area contributed by atoms with Crippen molar-refractivity contribution in [2.75, 3.05) is 12.0 Å². The number of halogens is 2. The molecule has 1 heterocycles. The predicted molar refractivity (Wildman–Crippen MR) is 131 cm³/mol. The summed E-state index contributed by atoms with van der Waals surface area (Å²) >= 11 is 0. The third-order valence-corrected chi connectivity index (χ3v) is 6.27. The van der Waals surface area contributed by atoms with E-state index >= 15 is 0 Å². The number of carbonyl (C=O) groups excluding carboxylic acids is 2. The molecule has 186 valence electrons. The molecule has 0 aliphatic carbocycles. The molecule has 8 heteroatoms. The number of aryl methyl sites for hydroxylation is 1. The van der Waals surface area contributed by atoms with Crippen molar-refractivity contribution in [1.29, 1.82) is 0 Å². The highest BCUT2D eigenvalue weighted by atomic mass is 19.1. The van der Waals surface area contributed by atoms with Gasteiger partial charge in [0.2, 0.25) is 0 Å². The number of phenolic OH excluding ortho intramolecular Hbond substituents is 1. The van der Waals surface area contributed by atoms with Crippen molar-refractivity contribution in [2.24, 2.45) is 0 Å². The number of aliphatic hydroxyl groups excluding tert-OH is 1. The first kappa shape index (κ1) is 24.9. The summed E-state index contributed by atoms with van der Waals surface area (Å²) in [6, 6.07) is 10.3. The minimum absolute atomic E-state index is 0.0174. The molecule has 4 rings (SSSR count). The zero-order valence-electron chi connectivity index (χ0n) is 20.2. The second-order valence-electron chi connectivity index (χ2n) is 8.92. The van der Waals surface area contributed by atoms with Crippen LogP contribution >= 0.6 is 0 Å².